The molecule has 55 heavy (non-hydrogen) atoms. The van der Waals surface area contributed by atoms with Gasteiger partial charge in [-0.3, -0.25) is 28.3 Å². The van der Waals surface area contributed by atoms with Crippen molar-refractivity contribution in [2.75, 3.05) is 0 Å². The number of nitro benzene ring substituents is 1. The van der Waals surface area contributed by atoms with Gasteiger partial charge in [-0.1, -0.05) is 34.0 Å². The Labute approximate surface area is 308 Å². The van der Waals surface area contributed by atoms with Crippen molar-refractivity contribution in [3.05, 3.63) is 106 Å². The van der Waals surface area contributed by atoms with Crippen molar-refractivity contribution in [3.63, 3.8) is 0 Å². The van der Waals surface area contributed by atoms with E-state index in [1.54, 1.807) is 24.3 Å². The third kappa shape index (κ3) is 7.27. The van der Waals surface area contributed by atoms with Crippen molar-refractivity contribution in [3.8, 4) is 17.1 Å². The van der Waals surface area contributed by atoms with Gasteiger partial charge in [0.25, 0.3) is 46.2 Å². The summed E-state index contributed by atoms with van der Waals surface area (Å²) >= 11 is 0. The Balaban J connectivity index is 1.19. The average Bonchev–Trinajstić information content (AvgIpc) is 3.78. The third-order valence-electron chi connectivity index (χ3n) is 8.01. The van der Waals surface area contributed by atoms with E-state index in [0.29, 0.717) is 23.5 Å². The van der Waals surface area contributed by atoms with Crippen molar-refractivity contribution >= 4 is 80.1 Å². The minimum atomic E-state index is -4.93. The summed E-state index contributed by atoms with van der Waals surface area (Å²) < 4.78 is 141. The van der Waals surface area contributed by atoms with Crippen LogP contribution in [0, 0.1) is 10.1 Å². The molecule has 0 radical (unpaired) electrons. The summed E-state index contributed by atoms with van der Waals surface area (Å²) in [5, 5.41) is 19.7. The molecule has 0 aliphatic rings. The number of benzene rings is 5. The smallest absolute Gasteiger partial charge is 0.282 e. The monoisotopic (exact) mass is 832 g/mol. The molecule has 0 aliphatic heterocycles. The molecule has 2 aromatic heterocycles. The maximum Gasteiger partial charge on any atom is 0.295 e. The van der Waals surface area contributed by atoms with Crippen LogP contribution < -0.4 is 0 Å². The topological polar surface area (TPSA) is 314 Å². The lowest BCUT2D eigenvalue weighted by Crippen LogP contribution is -2.04. The van der Waals surface area contributed by atoms with E-state index in [1.807, 2.05) is 0 Å². The molecule has 0 bridgehead atoms. The summed E-state index contributed by atoms with van der Waals surface area (Å²) in [6, 6.07) is 16.8. The maximum absolute atomic E-state index is 12.3. The van der Waals surface area contributed by atoms with Gasteiger partial charge < -0.3 is 0 Å². The highest BCUT2D eigenvalue weighted by atomic mass is 32.2. The standard InChI is InChI=1S/C30H20N6O15S4/c37-36(38)22-6-4-18(28(14-22)54(45,46)47)2-1-17-3-5-21(13-27(17)53(42,43)44)35-34(51-35)20-9-7-19(8-10-20)33-31-26-12-11-24-25(30(26)32-33)15-23(52(39,40)41)16-29(24)55(48,49)50/h1-16H,(H,39,40,41)(H,42,43,44)(H,45,46,47)(H,48,49,50)/b2-1+. The number of non-ortho nitro benzene ring substituents is 1. The largest absolute Gasteiger partial charge is 0.295 e. The first-order chi connectivity index (χ1) is 25.6. The normalized spacial score (nSPS) is 13.0. The van der Waals surface area contributed by atoms with Gasteiger partial charge in [0.1, 0.15) is 37.1 Å². The zero-order chi connectivity index (χ0) is 39.8. The molecule has 7 aromatic rings. The second kappa shape index (κ2) is 12.8. The Hall–Kier alpha value is -6.06. The number of hydrogen-bond acceptors (Lipinski definition) is 13. The first-order valence-corrected chi connectivity index (χ1v) is 20.6. The van der Waals surface area contributed by atoms with Gasteiger partial charge in [-0.2, -0.15) is 38.5 Å². The third-order valence-corrected chi connectivity index (χ3v) is 11.6. The number of fused-ring (bicyclic) bond motifs is 3. The number of nitro groups is 1. The van der Waals surface area contributed by atoms with Crippen LogP contribution in [0.4, 0.5) is 5.69 Å². The van der Waals surface area contributed by atoms with Crippen molar-refractivity contribution in [2.24, 2.45) is 0 Å². The molecule has 0 saturated carbocycles. The molecular formula is C30H20N6O15S4. The maximum atomic E-state index is 12.3. The molecule has 0 aliphatic carbocycles. The number of aromatic nitrogens is 5. The van der Waals surface area contributed by atoms with Gasteiger partial charge in [-0.15, -0.1) is 10.2 Å². The lowest BCUT2D eigenvalue weighted by atomic mass is 10.1. The van der Waals surface area contributed by atoms with Gasteiger partial charge in [0.2, 0.25) is 0 Å². The summed E-state index contributed by atoms with van der Waals surface area (Å²) in [4.78, 5) is 10.7. The molecule has 21 nitrogen and oxygen atoms in total. The van der Waals surface area contributed by atoms with Gasteiger partial charge in [-0.05, 0) is 71.8 Å². The highest BCUT2D eigenvalue weighted by molar-refractivity contribution is 7.87. The molecule has 0 amide bonds. The zero-order valence-corrected chi connectivity index (χ0v) is 30.1. The number of nitrogens with zero attached hydrogens (tertiary/aromatic N) is 6. The lowest BCUT2D eigenvalue weighted by Gasteiger charge is -2.07. The Morgan fingerprint density at radius 1 is 0.582 bits per heavy atom. The average molecular weight is 833 g/mol. The highest BCUT2D eigenvalue weighted by Crippen LogP contribution is 2.33. The predicted octanol–water partition coefficient (Wildman–Crippen LogP) is 3.81. The van der Waals surface area contributed by atoms with Crippen LogP contribution in [0.2, 0.25) is 0 Å². The summed E-state index contributed by atoms with van der Waals surface area (Å²) in [7, 11) is -19.7. The summed E-state index contributed by atoms with van der Waals surface area (Å²) in [6.07, 6.45) is 2.19. The summed E-state index contributed by atoms with van der Waals surface area (Å²) in [6.45, 7) is 0. The molecule has 2 heterocycles. The van der Waals surface area contributed by atoms with Crippen molar-refractivity contribution < 1.29 is 61.4 Å². The molecule has 0 fully saturated rings. The van der Waals surface area contributed by atoms with Gasteiger partial charge in [0, 0.05) is 22.9 Å². The number of hydrogen-bond donors (Lipinski definition) is 4. The molecule has 0 spiro atoms. The fourth-order valence-electron chi connectivity index (χ4n) is 5.49. The summed E-state index contributed by atoms with van der Waals surface area (Å²) in [5.74, 6) is 0. The Kier molecular flexibility index (Phi) is 8.65. The van der Waals surface area contributed by atoms with Gasteiger partial charge >= 0.3 is 0 Å². The van der Waals surface area contributed by atoms with Crippen LogP contribution in [0.3, 0.4) is 0 Å². The Bertz CT molecular complexity index is 3230. The molecule has 5 aromatic carbocycles. The van der Waals surface area contributed by atoms with E-state index < -0.39 is 70.7 Å². The molecule has 7 rings (SSSR count). The van der Waals surface area contributed by atoms with E-state index in [1.165, 1.54) is 29.1 Å². The quantitative estimate of drug-likeness (QED) is 0.0659. The van der Waals surface area contributed by atoms with E-state index in [0.717, 1.165) is 46.1 Å². The Morgan fingerprint density at radius 2 is 1.13 bits per heavy atom. The molecule has 25 heteroatoms. The minimum Gasteiger partial charge on any atom is -0.282 e. The fraction of sp³-hybridized carbons (Fsp3) is 0. The lowest BCUT2D eigenvalue weighted by molar-refractivity contribution is -0.385. The zero-order valence-electron chi connectivity index (χ0n) is 26.8. The summed E-state index contributed by atoms with van der Waals surface area (Å²) in [5.41, 5.74) is 0.146. The molecule has 0 atom stereocenters. The molecule has 0 saturated heterocycles. The van der Waals surface area contributed by atoms with Gasteiger partial charge in [0.15, 0.2) is 0 Å². The van der Waals surface area contributed by atoms with Crippen LogP contribution in [-0.4, -0.2) is 81.5 Å². The highest BCUT2D eigenvalue weighted by Gasteiger charge is 2.25. The van der Waals surface area contributed by atoms with Crippen molar-refractivity contribution in [2.45, 2.75) is 19.6 Å². The van der Waals surface area contributed by atoms with Crippen molar-refractivity contribution in [1.82, 2.24) is 24.7 Å². The van der Waals surface area contributed by atoms with E-state index in [4.69, 9.17) is 4.63 Å². The second-order valence-electron chi connectivity index (χ2n) is 11.5. The van der Waals surface area contributed by atoms with Crippen LogP contribution in [0.1, 0.15) is 11.1 Å². The van der Waals surface area contributed by atoms with E-state index in [9.17, 15) is 62.0 Å². The first kappa shape index (κ1) is 37.3. The van der Waals surface area contributed by atoms with Gasteiger partial charge in [-0.25, -0.2) is 4.63 Å². The van der Waals surface area contributed by atoms with Crippen LogP contribution in [0.25, 0.3) is 51.0 Å². The van der Waals surface area contributed by atoms with E-state index in [2.05, 4.69) is 10.2 Å². The van der Waals surface area contributed by atoms with Crippen LogP contribution in [0.15, 0.2) is 109 Å². The second-order valence-corrected chi connectivity index (χ2v) is 17.1. The Morgan fingerprint density at radius 3 is 1.71 bits per heavy atom. The molecule has 0 unspecified atom stereocenters. The van der Waals surface area contributed by atoms with Crippen LogP contribution in [0.5, 0.6) is 0 Å². The predicted molar refractivity (Wildman–Crippen MR) is 189 cm³/mol. The first-order valence-electron chi connectivity index (χ1n) is 14.8. The van der Waals surface area contributed by atoms with Gasteiger partial charge in [0.05, 0.1) is 15.5 Å². The van der Waals surface area contributed by atoms with Crippen LogP contribution in [-0.2, 0) is 40.5 Å². The van der Waals surface area contributed by atoms with E-state index >= 15 is 0 Å². The molecule has 4 N–H and O–H groups in total. The number of rotatable bonds is 10. The van der Waals surface area contributed by atoms with Crippen LogP contribution >= 0.6 is 0 Å². The SMILES string of the molecule is O=[N+]([O-])c1ccc(/C=C/c2ccc(-n3on3-c3ccc(-n4nc5ccc6c(S(=O)(=O)O)cc(S(=O)(=O)O)cc6c5n4)cc3)cc2S(=O)(=O)O)c(S(=O)(=O)O)c1. The molecular weight excluding hydrogens is 813 g/mol. The molecule has 284 valence electrons. The minimum absolute atomic E-state index is 0.0389. The fourth-order valence-corrected chi connectivity index (χ4v) is 8.23. The van der Waals surface area contributed by atoms with E-state index in [-0.39, 0.29) is 38.6 Å². The van der Waals surface area contributed by atoms with Crippen molar-refractivity contribution in [1.29, 1.82) is 0 Å².